The van der Waals surface area contributed by atoms with Crippen molar-refractivity contribution in [1.29, 1.82) is 0 Å². The Hall–Kier alpha value is -4.33. The lowest BCUT2D eigenvalue weighted by atomic mass is 10.1. The zero-order valence-corrected chi connectivity index (χ0v) is 18.6. The van der Waals surface area contributed by atoms with E-state index in [9.17, 15) is 14.4 Å². The van der Waals surface area contributed by atoms with E-state index < -0.39 is 11.2 Å². The van der Waals surface area contributed by atoms with Crippen LogP contribution in [0.2, 0.25) is 0 Å². The zero-order chi connectivity index (χ0) is 23.7. The highest BCUT2D eigenvalue weighted by atomic mass is 16.7. The smallest absolute Gasteiger partial charge is 0.332 e. The fourth-order valence-corrected chi connectivity index (χ4v) is 4.10. The normalized spacial score (nSPS) is 12.1. The Morgan fingerprint density at radius 3 is 2.59 bits per heavy atom. The molecule has 0 aliphatic carbocycles. The maximum absolute atomic E-state index is 13.4. The molecule has 1 aliphatic rings. The van der Waals surface area contributed by atoms with Crippen molar-refractivity contribution in [3.8, 4) is 11.5 Å². The number of amides is 1. The highest BCUT2D eigenvalue weighted by Crippen LogP contribution is 2.32. The maximum atomic E-state index is 13.4. The minimum Gasteiger partial charge on any atom is -0.454 e. The van der Waals surface area contributed by atoms with Crippen molar-refractivity contribution in [3.05, 3.63) is 98.7 Å². The highest BCUT2D eigenvalue weighted by Gasteiger charge is 2.18. The number of nitrogens with one attached hydrogen (secondary N) is 1. The van der Waals surface area contributed by atoms with Gasteiger partial charge in [-0.1, -0.05) is 37.3 Å². The molecule has 0 fully saturated rings. The molecule has 0 radical (unpaired) electrons. The average molecular weight is 457 g/mol. The molecule has 0 saturated carbocycles. The van der Waals surface area contributed by atoms with Gasteiger partial charge >= 0.3 is 5.69 Å². The molecule has 0 spiro atoms. The van der Waals surface area contributed by atoms with Crippen molar-refractivity contribution in [3.63, 3.8) is 0 Å². The van der Waals surface area contributed by atoms with E-state index in [1.807, 2.05) is 25.1 Å². The van der Waals surface area contributed by atoms with E-state index in [-0.39, 0.29) is 25.8 Å². The zero-order valence-electron chi connectivity index (χ0n) is 18.6. The van der Waals surface area contributed by atoms with Gasteiger partial charge in [-0.25, -0.2) is 4.79 Å². The molecule has 0 saturated heterocycles. The molecule has 3 aromatic carbocycles. The van der Waals surface area contributed by atoms with Crippen LogP contribution in [-0.4, -0.2) is 21.8 Å². The summed E-state index contributed by atoms with van der Waals surface area (Å²) in [6, 6.07) is 19.7. The van der Waals surface area contributed by atoms with Crippen LogP contribution in [0.3, 0.4) is 0 Å². The number of hydrogen-bond acceptors (Lipinski definition) is 5. The van der Waals surface area contributed by atoms with Crippen LogP contribution >= 0.6 is 0 Å². The van der Waals surface area contributed by atoms with Crippen molar-refractivity contribution in [2.45, 2.75) is 26.4 Å². The third-order valence-corrected chi connectivity index (χ3v) is 5.83. The van der Waals surface area contributed by atoms with E-state index in [0.29, 0.717) is 33.7 Å². The summed E-state index contributed by atoms with van der Waals surface area (Å²) in [5.41, 5.74) is 1.92. The molecule has 0 unspecified atom stereocenters. The number of carbonyl (C=O) groups is 1. The lowest BCUT2D eigenvalue weighted by Gasteiger charge is -2.14. The van der Waals surface area contributed by atoms with Crippen molar-refractivity contribution in [1.82, 2.24) is 9.13 Å². The monoisotopic (exact) mass is 457 g/mol. The van der Waals surface area contributed by atoms with Gasteiger partial charge in [-0.3, -0.25) is 18.7 Å². The Labute approximate surface area is 195 Å². The lowest BCUT2D eigenvalue weighted by Crippen LogP contribution is -2.42. The van der Waals surface area contributed by atoms with Gasteiger partial charge in [0.15, 0.2) is 11.5 Å². The first-order valence-electron chi connectivity index (χ1n) is 11.0. The topological polar surface area (TPSA) is 91.6 Å². The largest absolute Gasteiger partial charge is 0.454 e. The predicted molar refractivity (Wildman–Crippen MR) is 129 cm³/mol. The molecule has 1 amide bonds. The minimum atomic E-state index is -0.557. The first kappa shape index (κ1) is 21.5. The van der Waals surface area contributed by atoms with Crippen molar-refractivity contribution in [2.75, 3.05) is 12.1 Å². The first-order valence-corrected chi connectivity index (χ1v) is 11.0. The Bertz CT molecular complexity index is 1520. The van der Waals surface area contributed by atoms with Gasteiger partial charge < -0.3 is 14.8 Å². The Kier molecular flexibility index (Phi) is 5.63. The third-order valence-electron chi connectivity index (χ3n) is 5.83. The highest BCUT2D eigenvalue weighted by molar-refractivity contribution is 5.91. The quantitative estimate of drug-likeness (QED) is 0.480. The van der Waals surface area contributed by atoms with Crippen LogP contribution in [0.25, 0.3) is 10.9 Å². The third kappa shape index (κ3) is 4.05. The van der Waals surface area contributed by atoms with Crippen LogP contribution < -0.4 is 26.0 Å². The number of anilines is 1. The van der Waals surface area contributed by atoms with Gasteiger partial charge in [0.25, 0.3) is 5.56 Å². The number of aryl methyl sites for hydroxylation is 1. The van der Waals surface area contributed by atoms with Crippen LogP contribution in [0, 0.1) is 0 Å². The fraction of sp³-hybridized carbons (Fsp3) is 0.192. The fourth-order valence-electron chi connectivity index (χ4n) is 4.10. The predicted octanol–water partition coefficient (Wildman–Crippen LogP) is 3.14. The van der Waals surface area contributed by atoms with Crippen LogP contribution in [0.1, 0.15) is 18.1 Å². The van der Waals surface area contributed by atoms with Crippen molar-refractivity contribution >= 4 is 22.5 Å². The van der Waals surface area contributed by atoms with E-state index >= 15 is 0 Å². The van der Waals surface area contributed by atoms with Crippen molar-refractivity contribution in [2.24, 2.45) is 0 Å². The SMILES string of the molecule is CCc1cccc(NC(=O)Cn2c(=O)n(Cc3ccc4c(c3)OCO4)c(=O)c3ccccc32)c1. The second kappa shape index (κ2) is 8.90. The number of para-hydroxylation sites is 1. The van der Waals surface area contributed by atoms with Crippen molar-refractivity contribution < 1.29 is 14.3 Å². The summed E-state index contributed by atoms with van der Waals surface area (Å²) in [5, 5.41) is 3.22. The number of benzene rings is 3. The summed E-state index contributed by atoms with van der Waals surface area (Å²) in [6.07, 6.45) is 0.846. The van der Waals surface area contributed by atoms with E-state index in [1.54, 1.807) is 48.5 Å². The molecule has 4 aromatic rings. The number of fused-ring (bicyclic) bond motifs is 2. The molecule has 2 heterocycles. The molecule has 1 aromatic heterocycles. The van der Waals surface area contributed by atoms with E-state index in [1.165, 1.54) is 4.57 Å². The van der Waals surface area contributed by atoms with Gasteiger partial charge in [-0.15, -0.1) is 0 Å². The number of aromatic nitrogens is 2. The Balaban J connectivity index is 1.51. The summed E-state index contributed by atoms with van der Waals surface area (Å²) >= 11 is 0. The van der Waals surface area contributed by atoms with Gasteiger partial charge in [-0.2, -0.15) is 0 Å². The molecule has 172 valence electrons. The van der Waals surface area contributed by atoms with E-state index in [4.69, 9.17) is 9.47 Å². The lowest BCUT2D eigenvalue weighted by molar-refractivity contribution is -0.116. The molecule has 5 rings (SSSR count). The van der Waals surface area contributed by atoms with Crippen LogP contribution in [-0.2, 0) is 24.3 Å². The van der Waals surface area contributed by atoms with E-state index in [0.717, 1.165) is 16.6 Å². The molecule has 0 atom stereocenters. The first-order chi connectivity index (χ1) is 16.5. The Morgan fingerprint density at radius 1 is 0.912 bits per heavy atom. The molecular weight excluding hydrogens is 434 g/mol. The van der Waals surface area contributed by atoms with Gasteiger partial charge in [0, 0.05) is 5.69 Å². The molecular formula is C26H23N3O5. The average Bonchev–Trinajstić information content (AvgIpc) is 3.32. The number of carbonyl (C=O) groups excluding carboxylic acids is 1. The van der Waals surface area contributed by atoms with Gasteiger partial charge in [-0.05, 0) is 53.9 Å². The van der Waals surface area contributed by atoms with Crippen LogP contribution in [0.4, 0.5) is 5.69 Å². The maximum Gasteiger partial charge on any atom is 0.332 e. The summed E-state index contributed by atoms with van der Waals surface area (Å²) < 4.78 is 13.2. The second-order valence-corrected chi connectivity index (χ2v) is 8.07. The van der Waals surface area contributed by atoms with Gasteiger partial charge in [0.2, 0.25) is 12.7 Å². The molecule has 0 bridgehead atoms. The molecule has 1 N–H and O–H groups in total. The van der Waals surface area contributed by atoms with E-state index in [2.05, 4.69) is 5.32 Å². The number of ether oxygens (including phenoxy) is 2. The molecule has 34 heavy (non-hydrogen) atoms. The summed E-state index contributed by atoms with van der Waals surface area (Å²) in [5.74, 6) is 0.838. The van der Waals surface area contributed by atoms with Crippen LogP contribution in [0.5, 0.6) is 11.5 Å². The summed E-state index contributed by atoms with van der Waals surface area (Å²) in [4.78, 5) is 39.5. The van der Waals surface area contributed by atoms with Gasteiger partial charge in [0.05, 0.1) is 17.4 Å². The standard InChI is InChI=1S/C26H23N3O5/c1-2-17-6-5-7-19(12-17)27-24(30)15-28-21-9-4-3-8-20(21)25(31)29(26(28)32)14-18-10-11-22-23(13-18)34-16-33-22/h3-13H,2,14-16H2,1H3,(H,27,30). The second-order valence-electron chi connectivity index (χ2n) is 8.07. The number of rotatable bonds is 6. The Morgan fingerprint density at radius 2 is 1.74 bits per heavy atom. The summed E-state index contributed by atoms with van der Waals surface area (Å²) in [7, 11) is 0. The van der Waals surface area contributed by atoms with Gasteiger partial charge in [0.1, 0.15) is 6.54 Å². The minimum absolute atomic E-state index is 0.0410. The number of nitrogens with zero attached hydrogens (tertiary/aromatic N) is 2. The van der Waals surface area contributed by atoms with Crippen LogP contribution in [0.15, 0.2) is 76.3 Å². The number of hydrogen-bond donors (Lipinski definition) is 1. The molecule has 8 heteroatoms. The molecule has 8 nitrogen and oxygen atoms in total. The summed E-state index contributed by atoms with van der Waals surface area (Å²) in [6.45, 7) is 1.99. The molecule has 1 aliphatic heterocycles.